The number of hydrogen-bond donors (Lipinski definition) is 2. The number of aromatic nitrogens is 1. The van der Waals surface area contributed by atoms with Gasteiger partial charge < -0.3 is 11.5 Å². The number of hydrogen-bond acceptors (Lipinski definition) is 4. The quantitative estimate of drug-likeness (QED) is 0.676. The molecule has 0 radical (unpaired) electrons. The topological polar surface area (TPSA) is 82.0 Å². The molecule has 0 atom stereocenters. The molecule has 0 aliphatic carbocycles. The summed E-state index contributed by atoms with van der Waals surface area (Å²) < 4.78 is 24.5. The Labute approximate surface area is 72.6 Å². The lowest BCUT2D eigenvalue weighted by Gasteiger charge is -2.06. The van der Waals surface area contributed by atoms with E-state index in [-0.39, 0.29) is 23.5 Å². The van der Waals surface area contributed by atoms with Crippen molar-refractivity contribution in [3.63, 3.8) is 0 Å². The first-order valence-electron chi connectivity index (χ1n) is 3.35. The molecule has 70 valence electrons. The van der Waals surface area contributed by atoms with Crippen LogP contribution in [0.5, 0.6) is 0 Å². The Hall–Kier alpha value is -1.72. The van der Waals surface area contributed by atoms with Crippen LogP contribution in [0.25, 0.3) is 0 Å². The van der Waals surface area contributed by atoms with Crippen molar-refractivity contribution in [1.29, 1.82) is 0 Å². The van der Waals surface area contributed by atoms with Crippen molar-refractivity contribution >= 4 is 17.8 Å². The van der Waals surface area contributed by atoms with Gasteiger partial charge >= 0.3 is 0 Å². The predicted octanol–water partition coefficient (Wildman–Crippen LogP) is 0.996. The Bertz CT molecular complexity index is 341. The van der Waals surface area contributed by atoms with Gasteiger partial charge in [0.25, 0.3) is 6.43 Å². The maximum Gasteiger partial charge on any atom is 0.266 e. The fraction of sp³-hybridized carbons (Fsp3) is 0.143. The first-order chi connectivity index (χ1) is 6.06. The van der Waals surface area contributed by atoms with Gasteiger partial charge in [-0.25, -0.2) is 13.8 Å². The molecule has 0 unspecified atom stereocenters. The zero-order valence-corrected chi connectivity index (χ0v) is 6.50. The number of rotatable bonds is 2. The van der Waals surface area contributed by atoms with Crippen LogP contribution in [0.4, 0.5) is 20.3 Å². The Balaban J connectivity index is 3.35. The number of nitrogen functional groups attached to an aromatic ring is 2. The third-order valence-corrected chi connectivity index (χ3v) is 1.49. The molecule has 0 saturated carbocycles. The van der Waals surface area contributed by atoms with Gasteiger partial charge in [0.05, 0.1) is 5.69 Å². The van der Waals surface area contributed by atoms with E-state index in [1.54, 1.807) is 0 Å². The van der Waals surface area contributed by atoms with Gasteiger partial charge in [0.1, 0.15) is 11.5 Å². The van der Waals surface area contributed by atoms with E-state index in [2.05, 4.69) is 4.98 Å². The van der Waals surface area contributed by atoms with Crippen LogP contribution in [0, 0.1) is 0 Å². The summed E-state index contributed by atoms with van der Waals surface area (Å²) in [5.74, 6) is -0.147. The second-order valence-electron chi connectivity index (χ2n) is 2.35. The standard InChI is InChI=1S/C7H7F2N3O/c8-7(9)3-1-5(10)12-4(2-13)6(3)11/h1-2,7H,11H2,(H2,10,12). The Morgan fingerprint density at radius 1 is 1.46 bits per heavy atom. The van der Waals surface area contributed by atoms with E-state index < -0.39 is 12.0 Å². The molecule has 13 heavy (non-hydrogen) atoms. The van der Waals surface area contributed by atoms with Crippen molar-refractivity contribution in [2.24, 2.45) is 0 Å². The van der Waals surface area contributed by atoms with Crippen molar-refractivity contribution in [3.8, 4) is 0 Å². The van der Waals surface area contributed by atoms with Gasteiger partial charge in [-0.15, -0.1) is 0 Å². The van der Waals surface area contributed by atoms with Crippen LogP contribution in [0.2, 0.25) is 0 Å². The SMILES string of the molecule is Nc1cc(C(F)F)c(N)c(C=O)n1. The van der Waals surface area contributed by atoms with E-state index in [0.29, 0.717) is 0 Å². The van der Waals surface area contributed by atoms with Crippen LogP contribution >= 0.6 is 0 Å². The lowest BCUT2D eigenvalue weighted by atomic mass is 10.2. The van der Waals surface area contributed by atoms with Gasteiger partial charge in [0.15, 0.2) is 6.29 Å². The van der Waals surface area contributed by atoms with Crippen LogP contribution in [0.3, 0.4) is 0 Å². The molecular formula is C7H7F2N3O. The van der Waals surface area contributed by atoms with Gasteiger partial charge in [-0.3, -0.25) is 4.79 Å². The summed E-state index contributed by atoms with van der Waals surface area (Å²) >= 11 is 0. The van der Waals surface area contributed by atoms with Crippen LogP contribution in [0.15, 0.2) is 6.07 Å². The maximum absolute atomic E-state index is 12.2. The summed E-state index contributed by atoms with van der Waals surface area (Å²) in [6.45, 7) is 0. The third kappa shape index (κ3) is 1.71. The molecule has 0 saturated heterocycles. The highest BCUT2D eigenvalue weighted by Crippen LogP contribution is 2.27. The van der Waals surface area contributed by atoms with Crippen LogP contribution in [-0.4, -0.2) is 11.3 Å². The zero-order valence-electron chi connectivity index (χ0n) is 6.50. The summed E-state index contributed by atoms with van der Waals surface area (Å²) in [7, 11) is 0. The van der Waals surface area contributed by atoms with E-state index in [1.807, 2.05) is 0 Å². The number of nitrogens with zero attached hydrogens (tertiary/aromatic N) is 1. The summed E-state index contributed by atoms with van der Waals surface area (Å²) in [6.07, 6.45) is -2.47. The second kappa shape index (κ2) is 3.34. The number of carbonyl (C=O) groups is 1. The van der Waals surface area contributed by atoms with Gasteiger partial charge in [0, 0.05) is 5.56 Å². The molecule has 1 heterocycles. The first-order valence-corrected chi connectivity index (χ1v) is 3.35. The number of nitrogens with two attached hydrogens (primary N) is 2. The molecule has 6 heteroatoms. The second-order valence-corrected chi connectivity index (χ2v) is 2.35. The van der Waals surface area contributed by atoms with E-state index in [1.165, 1.54) is 0 Å². The molecule has 1 aromatic heterocycles. The van der Waals surface area contributed by atoms with Crippen molar-refractivity contribution in [1.82, 2.24) is 4.98 Å². The van der Waals surface area contributed by atoms with Crippen molar-refractivity contribution in [2.45, 2.75) is 6.43 Å². The summed E-state index contributed by atoms with van der Waals surface area (Å²) in [6, 6.07) is 0.951. The molecule has 0 bridgehead atoms. The summed E-state index contributed by atoms with van der Waals surface area (Å²) in [5.41, 5.74) is 9.38. The number of aldehydes is 1. The highest BCUT2D eigenvalue weighted by molar-refractivity contribution is 5.82. The molecule has 0 aromatic carbocycles. The highest BCUT2D eigenvalue weighted by atomic mass is 19.3. The minimum Gasteiger partial charge on any atom is -0.396 e. The van der Waals surface area contributed by atoms with E-state index >= 15 is 0 Å². The van der Waals surface area contributed by atoms with Crippen molar-refractivity contribution in [2.75, 3.05) is 11.5 Å². The molecule has 0 aliphatic rings. The predicted molar refractivity (Wildman–Crippen MR) is 43.4 cm³/mol. The zero-order chi connectivity index (χ0) is 10.0. The number of alkyl halides is 2. The molecule has 0 fully saturated rings. The van der Waals surface area contributed by atoms with Crippen LogP contribution in [0.1, 0.15) is 22.5 Å². The van der Waals surface area contributed by atoms with Crippen LogP contribution < -0.4 is 11.5 Å². The molecule has 4 nitrogen and oxygen atoms in total. The van der Waals surface area contributed by atoms with Crippen molar-refractivity contribution < 1.29 is 13.6 Å². The molecule has 0 aliphatic heterocycles. The average Bonchev–Trinajstić information content (AvgIpc) is 2.08. The largest absolute Gasteiger partial charge is 0.396 e. The minimum absolute atomic E-state index is 0.147. The number of halogens is 2. The molecular weight excluding hydrogens is 180 g/mol. The van der Waals surface area contributed by atoms with Gasteiger partial charge in [-0.05, 0) is 6.07 Å². The molecule has 0 spiro atoms. The highest BCUT2D eigenvalue weighted by Gasteiger charge is 2.15. The fourth-order valence-corrected chi connectivity index (χ4v) is 0.887. The molecule has 1 rings (SSSR count). The number of carbonyl (C=O) groups excluding carboxylic acids is 1. The summed E-state index contributed by atoms with van der Waals surface area (Å²) in [4.78, 5) is 13.8. The normalized spacial score (nSPS) is 10.4. The Morgan fingerprint density at radius 3 is 2.54 bits per heavy atom. The van der Waals surface area contributed by atoms with E-state index in [0.717, 1.165) is 6.07 Å². The molecule has 1 aromatic rings. The third-order valence-electron chi connectivity index (χ3n) is 1.49. The minimum atomic E-state index is -2.76. The lowest BCUT2D eigenvalue weighted by Crippen LogP contribution is -2.05. The van der Waals surface area contributed by atoms with Gasteiger partial charge in [-0.2, -0.15) is 0 Å². The van der Waals surface area contributed by atoms with Gasteiger partial charge in [0.2, 0.25) is 0 Å². The molecule has 0 amide bonds. The number of anilines is 2. The average molecular weight is 187 g/mol. The van der Waals surface area contributed by atoms with Crippen LogP contribution in [-0.2, 0) is 0 Å². The number of pyridine rings is 1. The molecule has 4 N–H and O–H groups in total. The Kier molecular flexibility index (Phi) is 2.41. The van der Waals surface area contributed by atoms with Crippen molar-refractivity contribution in [3.05, 3.63) is 17.3 Å². The van der Waals surface area contributed by atoms with E-state index in [9.17, 15) is 13.6 Å². The fourth-order valence-electron chi connectivity index (χ4n) is 0.887. The first kappa shape index (κ1) is 9.37. The Morgan fingerprint density at radius 2 is 2.08 bits per heavy atom. The monoisotopic (exact) mass is 187 g/mol. The summed E-state index contributed by atoms with van der Waals surface area (Å²) in [5, 5.41) is 0. The maximum atomic E-state index is 12.2. The van der Waals surface area contributed by atoms with Gasteiger partial charge in [-0.1, -0.05) is 0 Å². The lowest BCUT2D eigenvalue weighted by molar-refractivity contribution is 0.111. The van der Waals surface area contributed by atoms with E-state index in [4.69, 9.17) is 11.5 Å². The smallest absolute Gasteiger partial charge is 0.266 e.